The summed E-state index contributed by atoms with van der Waals surface area (Å²) in [6.45, 7) is 0.00810. The summed E-state index contributed by atoms with van der Waals surface area (Å²) < 4.78 is 0. The zero-order valence-electron chi connectivity index (χ0n) is 6.20. The van der Waals surface area contributed by atoms with Gasteiger partial charge in [-0.1, -0.05) is 11.8 Å². The van der Waals surface area contributed by atoms with E-state index in [4.69, 9.17) is 16.7 Å². The van der Waals surface area contributed by atoms with Gasteiger partial charge >= 0.3 is 0 Å². The molecule has 0 radical (unpaired) electrons. The Morgan fingerprint density at radius 2 is 2.33 bits per heavy atom. The van der Waals surface area contributed by atoms with Crippen LogP contribution in [0.4, 0.5) is 4.79 Å². The van der Waals surface area contributed by atoms with E-state index < -0.39 is 6.10 Å². The van der Waals surface area contributed by atoms with Crippen molar-refractivity contribution in [2.45, 2.75) is 6.10 Å². The van der Waals surface area contributed by atoms with E-state index in [1.807, 2.05) is 0 Å². The van der Waals surface area contributed by atoms with Gasteiger partial charge in [0.25, 0.3) is 5.24 Å². The normalized spacial score (nSPS) is 20.3. The fourth-order valence-electron chi connectivity index (χ4n) is 0.817. The first kappa shape index (κ1) is 9.83. The van der Waals surface area contributed by atoms with E-state index in [9.17, 15) is 9.59 Å². The molecule has 0 aromatic carbocycles. The second kappa shape index (κ2) is 4.11. The quantitative estimate of drug-likeness (QED) is 0.679. The molecule has 68 valence electrons. The summed E-state index contributed by atoms with van der Waals surface area (Å²) >= 11 is 6.27. The zero-order chi connectivity index (χ0) is 9.14. The van der Waals surface area contributed by atoms with E-state index in [1.165, 1.54) is 0 Å². The molecule has 1 aliphatic heterocycles. The Morgan fingerprint density at radius 1 is 1.67 bits per heavy atom. The molecule has 1 rings (SSSR count). The van der Waals surface area contributed by atoms with Crippen molar-refractivity contribution in [2.24, 2.45) is 0 Å². The molecule has 1 saturated heterocycles. The molecule has 1 atom stereocenters. The van der Waals surface area contributed by atoms with E-state index >= 15 is 0 Å². The molecule has 1 aliphatic rings. The van der Waals surface area contributed by atoms with Gasteiger partial charge in [0.1, 0.15) is 0 Å². The summed E-state index contributed by atoms with van der Waals surface area (Å²) in [4.78, 5) is 22.9. The molecule has 1 heterocycles. The van der Waals surface area contributed by atoms with Gasteiger partial charge in [0, 0.05) is 0 Å². The lowest BCUT2D eigenvalue weighted by Gasteiger charge is -2.15. The highest BCUT2D eigenvalue weighted by molar-refractivity contribution is 8.14. The van der Waals surface area contributed by atoms with Crippen LogP contribution in [0.1, 0.15) is 0 Å². The highest BCUT2D eigenvalue weighted by Gasteiger charge is 2.30. The van der Waals surface area contributed by atoms with E-state index in [1.54, 1.807) is 0 Å². The number of hydrogen-bond acceptors (Lipinski definition) is 4. The van der Waals surface area contributed by atoms with E-state index in [0.717, 1.165) is 16.7 Å². The third-order valence-corrected chi connectivity index (χ3v) is 2.63. The maximum atomic E-state index is 11.0. The molecule has 0 bridgehead atoms. The van der Waals surface area contributed by atoms with Gasteiger partial charge in [-0.05, 0) is 0 Å². The number of thioether (sulfide) groups is 1. The number of nitrogens with zero attached hydrogens (tertiary/aromatic N) is 1. The van der Waals surface area contributed by atoms with Gasteiger partial charge in [0.05, 0.1) is 24.3 Å². The second-order valence-corrected chi connectivity index (χ2v) is 3.60. The van der Waals surface area contributed by atoms with Gasteiger partial charge in [0.2, 0.25) is 5.91 Å². The molecule has 0 aromatic rings. The third-order valence-electron chi connectivity index (χ3n) is 1.41. The average Bonchev–Trinajstić information content (AvgIpc) is 2.35. The smallest absolute Gasteiger partial charge is 0.288 e. The molecule has 12 heavy (non-hydrogen) atoms. The Balaban J connectivity index is 2.50. The van der Waals surface area contributed by atoms with Crippen LogP contribution in [0.3, 0.4) is 0 Å². The van der Waals surface area contributed by atoms with Crippen molar-refractivity contribution in [1.82, 2.24) is 4.90 Å². The number of imide groups is 1. The van der Waals surface area contributed by atoms with Crippen molar-refractivity contribution < 1.29 is 14.7 Å². The van der Waals surface area contributed by atoms with Crippen molar-refractivity contribution in [3.05, 3.63) is 0 Å². The number of amides is 2. The SMILES string of the molecule is O=C1CSC(=O)N1C[C@@H](O)CCl. The van der Waals surface area contributed by atoms with E-state index in [2.05, 4.69) is 0 Å². The summed E-state index contributed by atoms with van der Waals surface area (Å²) in [7, 11) is 0. The first-order valence-corrected chi connectivity index (χ1v) is 4.88. The summed E-state index contributed by atoms with van der Waals surface area (Å²) in [5.41, 5.74) is 0. The Kier molecular flexibility index (Phi) is 3.37. The summed E-state index contributed by atoms with van der Waals surface area (Å²) in [5.74, 6) is -0.0515. The fraction of sp³-hybridized carbons (Fsp3) is 0.667. The summed E-state index contributed by atoms with van der Waals surface area (Å²) in [5, 5.41) is 8.76. The first-order valence-electron chi connectivity index (χ1n) is 3.36. The van der Waals surface area contributed by atoms with Crippen LogP contribution in [-0.4, -0.2) is 45.4 Å². The minimum Gasteiger partial charge on any atom is -0.390 e. The minimum absolute atomic E-state index is 0.00810. The number of β-amino-alcohol motifs (C(OH)–C–C–N with tert-alkyl or cyclic N) is 1. The van der Waals surface area contributed by atoms with Crippen LogP contribution in [0.15, 0.2) is 0 Å². The number of aliphatic hydroxyl groups is 1. The van der Waals surface area contributed by atoms with Crippen molar-refractivity contribution >= 4 is 34.5 Å². The molecule has 0 aliphatic carbocycles. The molecule has 0 aromatic heterocycles. The van der Waals surface area contributed by atoms with Crippen LogP contribution in [0.5, 0.6) is 0 Å². The Hall–Kier alpha value is -0.260. The Labute approximate surface area is 78.9 Å². The predicted molar refractivity (Wildman–Crippen MR) is 46.3 cm³/mol. The van der Waals surface area contributed by atoms with Crippen molar-refractivity contribution in [2.75, 3.05) is 18.2 Å². The number of carbonyl (C=O) groups is 2. The van der Waals surface area contributed by atoms with Gasteiger partial charge in [0.15, 0.2) is 0 Å². The van der Waals surface area contributed by atoms with Crippen LogP contribution >= 0.6 is 23.4 Å². The van der Waals surface area contributed by atoms with Crippen molar-refractivity contribution in [1.29, 1.82) is 0 Å². The van der Waals surface area contributed by atoms with Crippen molar-refractivity contribution in [3.63, 3.8) is 0 Å². The van der Waals surface area contributed by atoms with Gasteiger partial charge < -0.3 is 5.11 Å². The standard InChI is InChI=1S/C6H8ClNO3S/c7-1-4(9)2-8-5(10)3-12-6(8)11/h4,9H,1-3H2/t4-/m0/s1. The molecule has 4 nitrogen and oxygen atoms in total. The summed E-state index contributed by atoms with van der Waals surface area (Å²) in [6, 6.07) is 0. The first-order chi connectivity index (χ1) is 5.65. The topological polar surface area (TPSA) is 57.6 Å². The largest absolute Gasteiger partial charge is 0.390 e. The lowest BCUT2D eigenvalue weighted by atomic mass is 10.4. The molecule has 1 N–H and O–H groups in total. The highest BCUT2D eigenvalue weighted by atomic mass is 35.5. The summed E-state index contributed by atoms with van der Waals surface area (Å²) in [6.07, 6.45) is -0.821. The van der Waals surface area contributed by atoms with Gasteiger partial charge in [-0.2, -0.15) is 0 Å². The molecule has 1 fully saturated rings. The molecule has 0 spiro atoms. The molecule has 6 heteroatoms. The molecular weight excluding hydrogens is 202 g/mol. The van der Waals surface area contributed by atoms with E-state index in [0.29, 0.717) is 0 Å². The fourth-order valence-corrected chi connectivity index (χ4v) is 1.65. The Morgan fingerprint density at radius 3 is 2.75 bits per heavy atom. The molecular formula is C6H8ClNO3S. The monoisotopic (exact) mass is 209 g/mol. The Bertz CT molecular complexity index is 195. The molecule has 2 amide bonds. The lowest BCUT2D eigenvalue weighted by molar-refractivity contribution is -0.125. The van der Waals surface area contributed by atoms with Gasteiger partial charge in [-0.3, -0.25) is 14.5 Å². The van der Waals surface area contributed by atoms with Crippen LogP contribution in [0, 0.1) is 0 Å². The number of alkyl halides is 1. The maximum absolute atomic E-state index is 11.0. The minimum atomic E-state index is -0.821. The number of rotatable bonds is 3. The highest BCUT2D eigenvalue weighted by Crippen LogP contribution is 2.18. The number of carbonyl (C=O) groups excluding carboxylic acids is 2. The van der Waals surface area contributed by atoms with Crippen LogP contribution in [-0.2, 0) is 4.79 Å². The van der Waals surface area contributed by atoms with Crippen LogP contribution in [0.2, 0.25) is 0 Å². The van der Waals surface area contributed by atoms with E-state index in [-0.39, 0.29) is 29.3 Å². The van der Waals surface area contributed by atoms with Gasteiger partial charge in [-0.25, -0.2) is 0 Å². The zero-order valence-corrected chi connectivity index (χ0v) is 7.77. The van der Waals surface area contributed by atoms with Crippen LogP contribution < -0.4 is 0 Å². The van der Waals surface area contributed by atoms with Crippen LogP contribution in [0.25, 0.3) is 0 Å². The second-order valence-electron chi connectivity index (χ2n) is 2.37. The molecule has 0 unspecified atom stereocenters. The predicted octanol–water partition coefficient (Wildman–Crippen LogP) is 0.282. The number of halogens is 1. The molecule has 0 saturated carbocycles. The lowest BCUT2D eigenvalue weighted by Crippen LogP contribution is -2.36. The third kappa shape index (κ3) is 2.12. The number of aliphatic hydroxyl groups excluding tert-OH is 1. The van der Waals surface area contributed by atoms with Crippen molar-refractivity contribution in [3.8, 4) is 0 Å². The number of hydrogen-bond donors (Lipinski definition) is 1. The maximum Gasteiger partial charge on any atom is 0.288 e. The average molecular weight is 210 g/mol. The van der Waals surface area contributed by atoms with Gasteiger partial charge in [-0.15, -0.1) is 11.6 Å².